The fourth-order valence-electron chi connectivity index (χ4n) is 3.30. The van der Waals surface area contributed by atoms with Gasteiger partial charge in [0, 0.05) is 58.6 Å². The summed E-state index contributed by atoms with van der Waals surface area (Å²) in [6.45, 7) is 5.79. The third-order valence-electron chi connectivity index (χ3n) is 4.64. The van der Waals surface area contributed by atoms with Gasteiger partial charge in [-0.15, -0.1) is 0 Å². The van der Waals surface area contributed by atoms with Crippen molar-refractivity contribution >= 4 is 17.8 Å². The number of hydrogen-bond donors (Lipinski definition) is 0. The molecule has 0 bridgehead atoms. The first-order valence-corrected chi connectivity index (χ1v) is 8.21. The van der Waals surface area contributed by atoms with Gasteiger partial charge in [0.15, 0.2) is 0 Å². The normalized spacial score (nSPS) is 22.1. The third-order valence-corrected chi connectivity index (χ3v) is 4.64. The van der Waals surface area contributed by atoms with Crippen molar-refractivity contribution in [2.24, 2.45) is 5.92 Å². The van der Waals surface area contributed by atoms with Crippen molar-refractivity contribution in [3.05, 3.63) is 18.5 Å². The van der Waals surface area contributed by atoms with Gasteiger partial charge in [-0.05, 0) is 18.9 Å². The summed E-state index contributed by atoms with van der Waals surface area (Å²) < 4.78 is 0. The second-order valence-corrected chi connectivity index (χ2v) is 6.17. The van der Waals surface area contributed by atoms with Crippen LogP contribution in [-0.2, 0) is 9.59 Å². The van der Waals surface area contributed by atoms with Crippen molar-refractivity contribution in [1.29, 1.82) is 0 Å². The molecule has 0 N–H and O–H groups in total. The SMILES string of the molecule is CC(=O)N1CCCC(C(=O)N2CCN(c3ncccn3)CC2)C1. The molecule has 0 spiro atoms. The van der Waals surface area contributed by atoms with Gasteiger partial charge in [-0.25, -0.2) is 9.97 Å². The number of aromatic nitrogens is 2. The summed E-state index contributed by atoms with van der Waals surface area (Å²) in [5.41, 5.74) is 0. The predicted molar refractivity (Wildman–Crippen MR) is 85.8 cm³/mol. The van der Waals surface area contributed by atoms with Crippen LogP contribution < -0.4 is 4.90 Å². The van der Waals surface area contributed by atoms with E-state index >= 15 is 0 Å². The highest BCUT2D eigenvalue weighted by Crippen LogP contribution is 2.20. The van der Waals surface area contributed by atoms with Crippen LogP contribution in [0.3, 0.4) is 0 Å². The second kappa shape index (κ2) is 6.93. The van der Waals surface area contributed by atoms with E-state index in [0.717, 1.165) is 38.4 Å². The van der Waals surface area contributed by atoms with E-state index in [1.165, 1.54) is 0 Å². The van der Waals surface area contributed by atoms with E-state index < -0.39 is 0 Å². The molecule has 1 aromatic rings. The smallest absolute Gasteiger partial charge is 0.227 e. The number of piperazine rings is 1. The molecule has 0 aromatic carbocycles. The largest absolute Gasteiger partial charge is 0.342 e. The molecule has 2 aliphatic heterocycles. The fraction of sp³-hybridized carbons (Fsp3) is 0.625. The quantitative estimate of drug-likeness (QED) is 0.789. The number of carbonyl (C=O) groups excluding carboxylic acids is 2. The molecule has 1 unspecified atom stereocenters. The molecule has 1 aromatic heterocycles. The molecule has 3 rings (SSSR count). The van der Waals surface area contributed by atoms with Gasteiger partial charge in [-0.2, -0.15) is 0 Å². The Morgan fingerprint density at radius 1 is 1.04 bits per heavy atom. The van der Waals surface area contributed by atoms with Crippen LogP contribution in [0.5, 0.6) is 0 Å². The Hall–Kier alpha value is -2.18. The van der Waals surface area contributed by atoms with E-state index in [4.69, 9.17) is 0 Å². The molecule has 1 atom stereocenters. The van der Waals surface area contributed by atoms with Crippen molar-refractivity contribution in [3.63, 3.8) is 0 Å². The van der Waals surface area contributed by atoms with E-state index in [1.54, 1.807) is 30.3 Å². The zero-order chi connectivity index (χ0) is 16.2. The van der Waals surface area contributed by atoms with Gasteiger partial charge in [0.1, 0.15) is 0 Å². The van der Waals surface area contributed by atoms with E-state index in [1.807, 2.05) is 4.90 Å². The molecule has 2 aliphatic rings. The molecular formula is C16H23N5O2. The van der Waals surface area contributed by atoms with Gasteiger partial charge in [0.25, 0.3) is 0 Å². The van der Waals surface area contributed by atoms with Crippen molar-refractivity contribution in [3.8, 4) is 0 Å². The number of amides is 2. The highest BCUT2D eigenvalue weighted by molar-refractivity contribution is 5.81. The van der Waals surface area contributed by atoms with Gasteiger partial charge in [0.05, 0.1) is 5.92 Å². The molecule has 124 valence electrons. The lowest BCUT2D eigenvalue weighted by Gasteiger charge is -2.38. The zero-order valence-electron chi connectivity index (χ0n) is 13.5. The lowest BCUT2D eigenvalue weighted by molar-refractivity contribution is -0.140. The Kier molecular flexibility index (Phi) is 4.73. The standard InChI is InChI=1S/C16H23N5O2/c1-13(22)21-7-2-4-14(12-21)15(23)19-8-10-20(11-9-19)16-17-5-3-6-18-16/h3,5-6,14H,2,4,7-12H2,1H3. The minimum absolute atomic E-state index is 0.0489. The van der Waals surface area contributed by atoms with Gasteiger partial charge >= 0.3 is 0 Å². The average Bonchev–Trinajstić information content (AvgIpc) is 2.62. The van der Waals surface area contributed by atoms with E-state index in [2.05, 4.69) is 14.9 Å². The van der Waals surface area contributed by atoms with Crippen molar-refractivity contribution in [2.75, 3.05) is 44.2 Å². The van der Waals surface area contributed by atoms with Crippen molar-refractivity contribution in [2.45, 2.75) is 19.8 Å². The minimum Gasteiger partial charge on any atom is -0.342 e. The molecule has 0 radical (unpaired) electrons. The lowest BCUT2D eigenvalue weighted by atomic mass is 9.96. The Morgan fingerprint density at radius 3 is 2.39 bits per heavy atom. The highest BCUT2D eigenvalue weighted by atomic mass is 16.2. The molecule has 2 amide bonds. The first kappa shape index (κ1) is 15.7. The summed E-state index contributed by atoms with van der Waals surface area (Å²) in [5.74, 6) is 0.922. The van der Waals surface area contributed by atoms with Crippen molar-refractivity contribution < 1.29 is 9.59 Å². The molecule has 0 saturated carbocycles. The predicted octanol–water partition coefficient (Wildman–Crippen LogP) is 0.384. The number of rotatable bonds is 2. The zero-order valence-corrected chi connectivity index (χ0v) is 13.5. The summed E-state index contributed by atoms with van der Waals surface area (Å²) in [6, 6.07) is 1.80. The van der Waals surface area contributed by atoms with E-state index in [9.17, 15) is 9.59 Å². The summed E-state index contributed by atoms with van der Waals surface area (Å²) in [6.07, 6.45) is 5.26. The number of anilines is 1. The molecule has 0 aliphatic carbocycles. The van der Waals surface area contributed by atoms with Crippen LogP contribution in [0.2, 0.25) is 0 Å². The van der Waals surface area contributed by atoms with Gasteiger partial charge in [-0.3, -0.25) is 9.59 Å². The van der Waals surface area contributed by atoms with Gasteiger partial charge in [-0.1, -0.05) is 0 Å². The Balaban J connectivity index is 1.55. The molecule has 7 nitrogen and oxygen atoms in total. The molecular weight excluding hydrogens is 294 g/mol. The first-order chi connectivity index (χ1) is 11.1. The molecule has 2 fully saturated rings. The number of piperidine rings is 1. The lowest BCUT2D eigenvalue weighted by Crippen LogP contribution is -2.53. The summed E-state index contributed by atoms with van der Waals surface area (Å²) in [4.78, 5) is 38.6. The Bertz CT molecular complexity index is 557. The molecule has 23 heavy (non-hydrogen) atoms. The Labute approximate surface area is 136 Å². The van der Waals surface area contributed by atoms with E-state index in [0.29, 0.717) is 19.6 Å². The van der Waals surface area contributed by atoms with Crippen molar-refractivity contribution in [1.82, 2.24) is 19.8 Å². The third kappa shape index (κ3) is 3.60. The fourth-order valence-corrected chi connectivity index (χ4v) is 3.30. The number of nitrogens with zero attached hydrogens (tertiary/aromatic N) is 5. The average molecular weight is 317 g/mol. The highest BCUT2D eigenvalue weighted by Gasteiger charge is 2.32. The maximum absolute atomic E-state index is 12.7. The van der Waals surface area contributed by atoms with Crippen LogP contribution in [0.1, 0.15) is 19.8 Å². The molecule has 3 heterocycles. The Morgan fingerprint density at radius 2 is 1.74 bits per heavy atom. The van der Waals surface area contributed by atoms with E-state index in [-0.39, 0.29) is 17.7 Å². The van der Waals surface area contributed by atoms with Gasteiger partial charge in [0.2, 0.25) is 17.8 Å². The summed E-state index contributed by atoms with van der Waals surface area (Å²) in [7, 11) is 0. The maximum atomic E-state index is 12.7. The number of likely N-dealkylation sites (tertiary alicyclic amines) is 1. The minimum atomic E-state index is -0.0489. The summed E-state index contributed by atoms with van der Waals surface area (Å²) >= 11 is 0. The molecule has 7 heteroatoms. The number of carbonyl (C=O) groups is 2. The van der Waals surface area contributed by atoms with Gasteiger partial charge < -0.3 is 14.7 Å². The van der Waals surface area contributed by atoms with Crippen LogP contribution >= 0.6 is 0 Å². The number of hydrogen-bond acceptors (Lipinski definition) is 5. The van der Waals surface area contributed by atoms with Crippen LogP contribution in [0.25, 0.3) is 0 Å². The molecule has 2 saturated heterocycles. The monoisotopic (exact) mass is 317 g/mol. The second-order valence-electron chi connectivity index (χ2n) is 6.17. The van der Waals surface area contributed by atoms with Crippen LogP contribution in [-0.4, -0.2) is 70.9 Å². The van der Waals surface area contributed by atoms with Crippen LogP contribution in [0.4, 0.5) is 5.95 Å². The first-order valence-electron chi connectivity index (χ1n) is 8.21. The summed E-state index contributed by atoms with van der Waals surface area (Å²) in [5, 5.41) is 0. The maximum Gasteiger partial charge on any atom is 0.227 e. The topological polar surface area (TPSA) is 69.6 Å². The van der Waals surface area contributed by atoms with Crippen LogP contribution in [0.15, 0.2) is 18.5 Å². The van der Waals surface area contributed by atoms with Crippen LogP contribution in [0, 0.1) is 5.92 Å².